The molecular formula is C21H21BrN4O2. The van der Waals surface area contributed by atoms with E-state index in [0.29, 0.717) is 24.0 Å². The molecule has 0 bridgehead atoms. The summed E-state index contributed by atoms with van der Waals surface area (Å²) in [6.07, 6.45) is 9.32. The Morgan fingerprint density at radius 3 is 2.64 bits per heavy atom. The Morgan fingerprint density at radius 1 is 1.25 bits per heavy atom. The Kier molecular flexibility index (Phi) is 4.23. The number of hydrogen-bond acceptors (Lipinski definition) is 4. The van der Waals surface area contributed by atoms with Gasteiger partial charge in [-0.3, -0.25) is 14.9 Å². The van der Waals surface area contributed by atoms with Crippen LogP contribution in [0.4, 0.5) is 5.95 Å². The molecule has 0 unspecified atom stereocenters. The van der Waals surface area contributed by atoms with E-state index in [1.807, 2.05) is 12.1 Å². The number of amides is 2. The van der Waals surface area contributed by atoms with Gasteiger partial charge in [-0.15, -0.1) is 0 Å². The fourth-order valence-electron chi connectivity index (χ4n) is 4.23. The molecule has 2 aliphatic carbocycles. The molecule has 1 aromatic carbocycles. The molecule has 2 amide bonds. The van der Waals surface area contributed by atoms with Crippen molar-refractivity contribution in [2.75, 3.05) is 18.4 Å². The lowest BCUT2D eigenvalue weighted by Crippen LogP contribution is -2.46. The van der Waals surface area contributed by atoms with Gasteiger partial charge < -0.3 is 4.90 Å². The summed E-state index contributed by atoms with van der Waals surface area (Å²) in [4.78, 5) is 35.6. The molecular weight excluding hydrogens is 420 g/mol. The number of hydrogen-bond donors (Lipinski definition) is 1. The predicted octanol–water partition coefficient (Wildman–Crippen LogP) is 3.63. The van der Waals surface area contributed by atoms with Gasteiger partial charge in [0.05, 0.1) is 0 Å². The van der Waals surface area contributed by atoms with Crippen molar-refractivity contribution in [3.63, 3.8) is 0 Å². The van der Waals surface area contributed by atoms with Crippen LogP contribution < -0.4 is 5.32 Å². The zero-order valence-corrected chi connectivity index (χ0v) is 17.0. The van der Waals surface area contributed by atoms with E-state index in [0.717, 1.165) is 28.4 Å². The molecule has 2 aromatic rings. The smallest absolute Gasteiger partial charge is 0.254 e. The number of nitrogens with zero attached hydrogens (tertiary/aromatic N) is 3. The lowest BCUT2D eigenvalue weighted by Gasteiger charge is -2.34. The lowest BCUT2D eigenvalue weighted by atomic mass is 9.81. The summed E-state index contributed by atoms with van der Waals surface area (Å²) in [5.41, 5.74) is 2.96. The first kappa shape index (κ1) is 17.8. The van der Waals surface area contributed by atoms with Crippen molar-refractivity contribution in [2.45, 2.75) is 43.4 Å². The van der Waals surface area contributed by atoms with Crippen molar-refractivity contribution in [1.82, 2.24) is 14.9 Å². The topological polar surface area (TPSA) is 75.2 Å². The Labute approximate surface area is 171 Å². The second-order valence-corrected chi connectivity index (χ2v) is 9.06. The van der Waals surface area contributed by atoms with Crippen molar-refractivity contribution in [3.8, 4) is 0 Å². The number of carbonyl (C=O) groups is 2. The van der Waals surface area contributed by atoms with Gasteiger partial charge in [0, 0.05) is 34.4 Å². The van der Waals surface area contributed by atoms with E-state index in [1.165, 1.54) is 19.3 Å². The van der Waals surface area contributed by atoms with Crippen molar-refractivity contribution in [2.24, 2.45) is 0 Å². The minimum atomic E-state index is -0.263. The predicted molar refractivity (Wildman–Crippen MR) is 108 cm³/mol. The van der Waals surface area contributed by atoms with Crippen LogP contribution in [0.2, 0.25) is 0 Å². The van der Waals surface area contributed by atoms with Crippen LogP contribution in [-0.2, 0) is 10.2 Å². The lowest BCUT2D eigenvalue weighted by molar-refractivity contribution is -0.117. The molecule has 0 saturated heterocycles. The fraction of sp³-hybridized carbons (Fsp3) is 0.429. The molecule has 6 nitrogen and oxygen atoms in total. The second kappa shape index (κ2) is 6.65. The zero-order valence-electron chi connectivity index (χ0n) is 15.4. The van der Waals surface area contributed by atoms with Crippen LogP contribution in [0.5, 0.6) is 0 Å². The van der Waals surface area contributed by atoms with Crippen LogP contribution >= 0.6 is 15.9 Å². The number of nitrogens with one attached hydrogen (secondary N) is 1. The summed E-state index contributed by atoms with van der Waals surface area (Å²) in [5.74, 6) is 0.506. The first-order chi connectivity index (χ1) is 13.5. The first-order valence-corrected chi connectivity index (χ1v) is 10.5. The van der Waals surface area contributed by atoms with Gasteiger partial charge in [0.1, 0.15) is 6.54 Å². The van der Waals surface area contributed by atoms with Gasteiger partial charge in [-0.2, -0.15) is 0 Å². The summed E-state index contributed by atoms with van der Waals surface area (Å²) in [7, 11) is 0. The van der Waals surface area contributed by atoms with Gasteiger partial charge >= 0.3 is 0 Å². The highest BCUT2D eigenvalue weighted by molar-refractivity contribution is 9.10. The molecule has 7 heteroatoms. The third kappa shape index (κ3) is 3.11. The number of aromatic nitrogens is 2. The molecule has 0 atom stereocenters. The van der Waals surface area contributed by atoms with Crippen LogP contribution in [0.1, 0.15) is 59.5 Å². The van der Waals surface area contributed by atoms with E-state index >= 15 is 0 Å². The molecule has 2 heterocycles. The average molecular weight is 441 g/mol. The highest BCUT2D eigenvalue weighted by Gasteiger charge is 2.51. The number of fused-ring (bicyclic) bond motifs is 2. The zero-order chi connectivity index (χ0) is 19.3. The molecule has 2 saturated carbocycles. The van der Waals surface area contributed by atoms with E-state index in [2.05, 4.69) is 37.3 Å². The number of halogens is 1. The maximum atomic E-state index is 12.9. The highest BCUT2D eigenvalue weighted by Crippen LogP contribution is 2.52. The number of rotatable bonds is 4. The van der Waals surface area contributed by atoms with E-state index in [-0.39, 0.29) is 23.8 Å². The minimum absolute atomic E-state index is 0.00816. The third-order valence-electron chi connectivity index (χ3n) is 6.25. The number of benzene rings is 1. The third-order valence-corrected chi connectivity index (χ3v) is 6.74. The first-order valence-electron chi connectivity index (χ1n) is 9.75. The summed E-state index contributed by atoms with van der Waals surface area (Å²) in [6.45, 7) is 0.605. The minimum Gasteiger partial charge on any atom is -0.328 e. The molecule has 28 heavy (non-hydrogen) atoms. The van der Waals surface area contributed by atoms with E-state index in [4.69, 9.17) is 0 Å². The molecule has 2 fully saturated rings. The number of anilines is 1. The Morgan fingerprint density at radius 2 is 2.00 bits per heavy atom. The van der Waals surface area contributed by atoms with Crippen LogP contribution in [0.3, 0.4) is 0 Å². The summed E-state index contributed by atoms with van der Waals surface area (Å²) in [5, 5.41) is 2.73. The molecule has 1 spiro atoms. The van der Waals surface area contributed by atoms with Gasteiger partial charge in [-0.05, 0) is 60.9 Å². The van der Waals surface area contributed by atoms with Gasteiger partial charge in [-0.25, -0.2) is 9.97 Å². The maximum absolute atomic E-state index is 12.9. The van der Waals surface area contributed by atoms with Gasteiger partial charge in [0.2, 0.25) is 11.9 Å². The van der Waals surface area contributed by atoms with Crippen LogP contribution in [0.25, 0.3) is 0 Å². The Balaban J connectivity index is 1.27. The fourth-order valence-corrected chi connectivity index (χ4v) is 4.59. The SMILES string of the molecule is O=C(CN1CC2(CC2)c2cc(Br)ccc2C1=O)Nc1ncc(C2CCC2)cn1. The molecule has 144 valence electrons. The summed E-state index contributed by atoms with van der Waals surface area (Å²) in [6, 6.07) is 5.79. The van der Waals surface area contributed by atoms with Crippen LogP contribution in [-0.4, -0.2) is 39.8 Å². The van der Waals surface area contributed by atoms with Gasteiger partial charge in [-0.1, -0.05) is 22.4 Å². The van der Waals surface area contributed by atoms with E-state index in [9.17, 15) is 9.59 Å². The average Bonchev–Trinajstić information content (AvgIpc) is 3.40. The monoisotopic (exact) mass is 440 g/mol. The largest absolute Gasteiger partial charge is 0.328 e. The van der Waals surface area contributed by atoms with E-state index in [1.54, 1.807) is 17.3 Å². The van der Waals surface area contributed by atoms with E-state index < -0.39 is 0 Å². The molecule has 3 aliphatic rings. The normalized spacial score (nSPS) is 19.9. The molecule has 1 aliphatic heterocycles. The molecule has 1 N–H and O–H groups in total. The quantitative estimate of drug-likeness (QED) is 0.787. The van der Waals surface area contributed by atoms with Crippen LogP contribution in [0, 0.1) is 0 Å². The van der Waals surface area contributed by atoms with Gasteiger partial charge in [0.15, 0.2) is 0 Å². The Hall–Kier alpha value is -2.28. The second-order valence-electron chi connectivity index (χ2n) is 8.15. The van der Waals surface area contributed by atoms with Crippen molar-refractivity contribution in [1.29, 1.82) is 0 Å². The van der Waals surface area contributed by atoms with Gasteiger partial charge in [0.25, 0.3) is 5.91 Å². The van der Waals surface area contributed by atoms with Crippen molar-refractivity contribution in [3.05, 3.63) is 51.8 Å². The molecule has 5 rings (SSSR count). The maximum Gasteiger partial charge on any atom is 0.254 e. The van der Waals surface area contributed by atoms with Crippen molar-refractivity contribution < 1.29 is 9.59 Å². The molecule has 1 aromatic heterocycles. The van der Waals surface area contributed by atoms with Crippen LogP contribution in [0.15, 0.2) is 35.1 Å². The highest BCUT2D eigenvalue weighted by atomic mass is 79.9. The molecule has 0 radical (unpaired) electrons. The number of carbonyl (C=O) groups excluding carboxylic acids is 2. The van der Waals surface area contributed by atoms with Crippen molar-refractivity contribution >= 4 is 33.7 Å². The Bertz CT molecular complexity index is 951. The summed E-state index contributed by atoms with van der Waals surface area (Å²) >= 11 is 3.50. The standard InChI is InChI=1S/C21H21BrN4O2/c22-15-4-5-16-17(8-15)21(6-7-21)12-26(19(16)28)11-18(27)25-20-23-9-14(10-24-20)13-2-1-3-13/h4-5,8-10,13H,1-3,6-7,11-12H2,(H,23,24,25,27). The summed E-state index contributed by atoms with van der Waals surface area (Å²) < 4.78 is 0.985.